The van der Waals surface area contributed by atoms with Gasteiger partial charge in [-0.05, 0) is 61.3 Å². The molecule has 0 saturated heterocycles. The normalized spacial score (nSPS) is 12.4. The van der Waals surface area contributed by atoms with E-state index in [0.29, 0.717) is 5.56 Å². The molecular formula is C24H27FO2S. The van der Waals surface area contributed by atoms with Crippen LogP contribution >= 0.6 is 11.3 Å². The molecule has 0 N–H and O–H groups in total. The first-order valence-electron chi connectivity index (χ1n) is 9.94. The number of unbranched alkanes of at least 4 members (excludes halogenated alkanes) is 3. The number of benzene rings is 2. The van der Waals surface area contributed by atoms with Gasteiger partial charge in [-0.1, -0.05) is 66.6 Å². The number of halogens is 1. The van der Waals surface area contributed by atoms with Crippen molar-refractivity contribution in [1.82, 2.24) is 0 Å². The van der Waals surface area contributed by atoms with E-state index in [-0.39, 0.29) is 6.10 Å². The lowest BCUT2D eigenvalue weighted by atomic mass is 10.0. The van der Waals surface area contributed by atoms with Crippen molar-refractivity contribution >= 4 is 21.4 Å². The Kier molecular flexibility index (Phi) is 7.35. The Hall–Kier alpha value is -2.04. The first kappa shape index (κ1) is 20.7. The number of rotatable bonds is 9. The van der Waals surface area contributed by atoms with Gasteiger partial charge in [-0.15, -0.1) is 0 Å². The van der Waals surface area contributed by atoms with E-state index < -0.39 is 10.6 Å². The number of hydrogen-bond acceptors (Lipinski definition) is 3. The van der Waals surface area contributed by atoms with Crippen molar-refractivity contribution < 1.29 is 9.13 Å². The van der Waals surface area contributed by atoms with Crippen molar-refractivity contribution in [1.29, 1.82) is 0 Å². The highest BCUT2D eigenvalue weighted by Gasteiger charge is 2.09. The minimum absolute atomic E-state index is 0.138. The Morgan fingerprint density at radius 3 is 2.57 bits per heavy atom. The zero-order valence-electron chi connectivity index (χ0n) is 16.5. The molecule has 28 heavy (non-hydrogen) atoms. The standard InChI is InChI=1S/C24H27FO2S/c1-17-21-14-13-19(16-22(21)28-24(26)23(17)25)10-6-3-4-9-15-27-18(2)20-11-7-5-8-12-20/h5,7-8,11-14,16,18H,3-4,6,9-10,15H2,1-2H3. The smallest absolute Gasteiger partial charge is 0.268 e. The third-order valence-corrected chi connectivity index (χ3v) is 6.08. The van der Waals surface area contributed by atoms with Gasteiger partial charge in [0.2, 0.25) is 0 Å². The second-order valence-electron chi connectivity index (χ2n) is 7.25. The first-order valence-corrected chi connectivity index (χ1v) is 10.8. The topological polar surface area (TPSA) is 26.3 Å². The molecule has 1 aromatic heterocycles. The minimum atomic E-state index is -0.617. The van der Waals surface area contributed by atoms with Gasteiger partial charge in [0.15, 0.2) is 5.82 Å². The molecule has 148 valence electrons. The van der Waals surface area contributed by atoms with Crippen LogP contribution in [0, 0.1) is 12.7 Å². The molecule has 0 saturated carbocycles. The fourth-order valence-electron chi connectivity index (χ4n) is 3.40. The zero-order chi connectivity index (χ0) is 19.9. The molecular weight excluding hydrogens is 371 g/mol. The van der Waals surface area contributed by atoms with E-state index in [9.17, 15) is 9.18 Å². The summed E-state index contributed by atoms with van der Waals surface area (Å²) in [6.45, 7) is 4.55. The van der Waals surface area contributed by atoms with Crippen molar-refractivity contribution in [3.8, 4) is 0 Å². The fourth-order valence-corrected chi connectivity index (χ4v) is 4.38. The van der Waals surface area contributed by atoms with E-state index in [1.807, 2.05) is 30.3 Å². The van der Waals surface area contributed by atoms with Gasteiger partial charge in [-0.2, -0.15) is 0 Å². The van der Waals surface area contributed by atoms with Crippen LogP contribution in [-0.4, -0.2) is 6.61 Å². The second kappa shape index (κ2) is 9.94. The van der Waals surface area contributed by atoms with E-state index in [2.05, 4.69) is 25.1 Å². The molecule has 0 aliphatic heterocycles. The highest BCUT2D eigenvalue weighted by atomic mass is 32.1. The quantitative estimate of drug-likeness (QED) is 0.380. The number of hydrogen-bond donors (Lipinski definition) is 0. The van der Waals surface area contributed by atoms with Crippen LogP contribution in [0.4, 0.5) is 4.39 Å². The molecule has 0 fully saturated rings. The van der Waals surface area contributed by atoms with Crippen molar-refractivity contribution in [3.05, 3.63) is 80.6 Å². The molecule has 3 rings (SSSR count). The molecule has 2 aromatic carbocycles. The molecule has 0 aliphatic carbocycles. The van der Waals surface area contributed by atoms with Crippen LogP contribution in [0.5, 0.6) is 0 Å². The maximum Gasteiger partial charge on any atom is 0.268 e. The van der Waals surface area contributed by atoms with E-state index in [4.69, 9.17) is 4.74 Å². The fraction of sp³-hybridized carbons (Fsp3) is 0.375. The van der Waals surface area contributed by atoms with Gasteiger partial charge in [-0.25, -0.2) is 4.39 Å². The summed E-state index contributed by atoms with van der Waals surface area (Å²) in [4.78, 5) is 11.7. The predicted octanol–water partition coefficient (Wildman–Crippen LogP) is 6.59. The summed E-state index contributed by atoms with van der Waals surface area (Å²) in [6.07, 6.45) is 5.59. The molecule has 0 bridgehead atoms. The summed E-state index contributed by atoms with van der Waals surface area (Å²) in [6, 6.07) is 16.3. The van der Waals surface area contributed by atoms with Gasteiger partial charge in [0.05, 0.1) is 6.10 Å². The van der Waals surface area contributed by atoms with Gasteiger partial charge in [0.1, 0.15) is 0 Å². The summed E-state index contributed by atoms with van der Waals surface area (Å²) in [5, 5.41) is 0.843. The van der Waals surface area contributed by atoms with Crippen LogP contribution in [0.3, 0.4) is 0 Å². The lowest BCUT2D eigenvalue weighted by Crippen LogP contribution is -2.03. The van der Waals surface area contributed by atoms with Gasteiger partial charge < -0.3 is 4.74 Å². The van der Waals surface area contributed by atoms with Crippen LogP contribution in [0.1, 0.15) is 55.4 Å². The van der Waals surface area contributed by atoms with Gasteiger partial charge in [-0.3, -0.25) is 4.79 Å². The van der Waals surface area contributed by atoms with Crippen molar-refractivity contribution in [2.75, 3.05) is 6.61 Å². The molecule has 1 unspecified atom stereocenters. The Morgan fingerprint density at radius 2 is 1.79 bits per heavy atom. The van der Waals surface area contributed by atoms with E-state index in [0.717, 1.165) is 60.1 Å². The maximum atomic E-state index is 13.7. The molecule has 2 nitrogen and oxygen atoms in total. The number of ether oxygens (including phenoxy) is 1. The van der Waals surface area contributed by atoms with Gasteiger partial charge in [0.25, 0.3) is 4.74 Å². The Balaban J connectivity index is 1.39. The SMILES string of the molecule is Cc1c(F)c(=O)sc2cc(CCCCCCOC(C)c3ccccc3)ccc12. The molecule has 3 aromatic rings. The Labute approximate surface area is 170 Å². The first-order chi connectivity index (χ1) is 13.6. The lowest BCUT2D eigenvalue weighted by molar-refractivity contribution is 0.0628. The largest absolute Gasteiger partial charge is 0.374 e. The molecule has 1 atom stereocenters. The molecule has 0 amide bonds. The highest BCUT2D eigenvalue weighted by molar-refractivity contribution is 7.16. The average Bonchev–Trinajstić information content (AvgIpc) is 2.71. The Bertz CT molecular complexity index is 965. The number of aryl methyl sites for hydroxylation is 2. The van der Waals surface area contributed by atoms with Crippen LogP contribution in [0.25, 0.3) is 10.1 Å². The van der Waals surface area contributed by atoms with E-state index in [1.165, 1.54) is 11.1 Å². The molecule has 0 spiro atoms. The van der Waals surface area contributed by atoms with Gasteiger partial charge >= 0.3 is 0 Å². The van der Waals surface area contributed by atoms with Crippen molar-refractivity contribution in [2.45, 2.75) is 52.1 Å². The third kappa shape index (κ3) is 5.27. The van der Waals surface area contributed by atoms with Crippen molar-refractivity contribution in [2.24, 2.45) is 0 Å². The summed E-state index contributed by atoms with van der Waals surface area (Å²) in [5.41, 5.74) is 2.88. The third-order valence-electron chi connectivity index (χ3n) is 5.16. The summed E-state index contributed by atoms with van der Waals surface area (Å²) >= 11 is 1.00. The van der Waals surface area contributed by atoms with Crippen LogP contribution < -0.4 is 4.74 Å². The Morgan fingerprint density at radius 1 is 1.04 bits per heavy atom. The zero-order valence-corrected chi connectivity index (χ0v) is 17.4. The lowest BCUT2D eigenvalue weighted by Gasteiger charge is -2.13. The molecule has 0 radical (unpaired) electrons. The van der Waals surface area contributed by atoms with Crippen LogP contribution in [-0.2, 0) is 11.2 Å². The van der Waals surface area contributed by atoms with E-state index in [1.54, 1.807) is 6.92 Å². The molecule has 1 heterocycles. The van der Waals surface area contributed by atoms with Crippen molar-refractivity contribution in [3.63, 3.8) is 0 Å². The summed E-state index contributed by atoms with van der Waals surface area (Å²) < 4.78 is 20.1. The predicted molar refractivity (Wildman–Crippen MR) is 116 cm³/mol. The summed E-state index contributed by atoms with van der Waals surface area (Å²) in [7, 11) is 0. The number of fused-ring (bicyclic) bond motifs is 1. The molecule has 4 heteroatoms. The highest BCUT2D eigenvalue weighted by Crippen LogP contribution is 2.24. The van der Waals surface area contributed by atoms with Crippen LogP contribution in [0.15, 0.2) is 53.3 Å². The maximum absolute atomic E-state index is 13.7. The second-order valence-corrected chi connectivity index (χ2v) is 8.26. The molecule has 0 aliphatic rings. The van der Waals surface area contributed by atoms with Crippen LogP contribution in [0.2, 0.25) is 0 Å². The van der Waals surface area contributed by atoms with Gasteiger partial charge in [0, 0.05) is 11.3 Å². The average molecular weight is 399 g/mol. The van der Waals surface area contributed by atoms with E-state index >= 15 is 0 Å². The minimum Gasteiger partial charge on any atom is -0.374 e. The monoisotopic (exact) mass is 398 g/mol. The summed E-state index contributed by atoms with van der Waals surface area (Å²) in [5.74, 6) is -0.617.